The summed E-state index contributed by atoms with van der Waals surface area (Å²) in [6.07, 6.45) is 0. The normalized spacial score (nSPS) is 10.4. The van der Waals surface area contributed by atoms with Crippen molar-refractivity contribution in [1.82, 2.24) is 0 Å². The zero-order valence-corrected chi connectivity index (χ0v) is 13.5. The first kappa shape index (κ1) is 15.3. The molecule has 0 spiro atoms. The summed E-state index contributed by atoms with van der Waals surface area (Å²) in [6, 6.07) is 9.55. The Bertz CT molecular complexity index is 641. The van der Waals surface area contributed by atoms with Crippen LogP contribution in [0.25, 0.3) is 0 Å². The Labute approximate surface area is 135 Å². The minimum absolute atomic E-state index is 0.149. The fraction of sp³-hybridized carbons (Fsp3) is 0.133. The molecule has 0 aliphatic heterocycles. The molecule has 2 rings (SSSR count). The molecule has 0 atom stereocenters. The van der Waals surface area contributed by atoms with Crippen molar-refractivity contribution in [1.29, 1.82) is 0 Å². The van der Waals surface area contributed by atoms with Gasteiger partial charge in [-0.1, -0.05) is 11.6 Å². The maximum Gasteiger partial charge on any atom is 0.194 e. The molecule has 0 saturated heterocycles. The van der Waals surface area contributed by atoms with Gasteiger partial charge in [-0.2, -0.15) is 0 Å². The van der Waals surface area contributed by atoms with Gasteiger partial charge in [0.15, 0.2) is 5.78 Å². The largest absolute Gasteiger partial charge is 0.494 e. The average Bonchev–Trinajstić information content (AvgIpc) is 2.43. The van der Waals surface area contributed by atoms with E-state index in [-0.39, 0.29) is 16.4 Å². The van der Waals surface area contributed by atoms with E-state index in [1.165, 1.54) is 6.07 Å². The molecule has 2 aromatic rings. The number of rotatable bonds is 4. The molecule has 0 heterocycles. The zero-order valence-electron chi connectivity index (χ0n) is 10.6. The van der Waals surface area contributed by atoms with E-state index in [0.29, 0.717) is 21.5 Å². The molecule has 2 aromatic carbocycles. The molecular formula is C15H11ClFIO2. The predicted molar refractivity (Wildman–Crippen MR) is 85.2 cm³/mol. The lowest BCUT2D eigenvalue weighted by Gasteiger charge is -2.07. The molecule has 0 unspecified atom stereocenters. The molecule has 0 bridgehead atoms. The molecule has 20 heavy (non-hydrogen) atoms. The van der Waals surface area contributed by atoms with E-state index in [2.05, 4.69) is 0 Å². The highest BCUT2D eigenvalue weighted by atomic mass is 127. The van der Waals surface area contributed by atoms with Gasteiger partial charge in [-0.05, 0) is 65.9 Å². The fourth-order valence-electron chi connectivity index (χ4n) is 1.75. The van der Waals surface area contributed by atoms with E-state index in [1.807, 2.05) is 29.5 Å². The average molecular weight is 405 g/mol. The highest BCUT2D eigenvalue weighted by molar-refractivity contribution is 14.1. The van der Waals surface area contributed by atoms with E-state index in [1.54, 1.807) is 30.3 Å². The van der Waals surface area contributed by atoms with Crippen molar-refractivity contribution >= 4 is 40.0 Å². The Morgan fingerprint density at radius 1 is 1.30 bits per heavy atom. The maximum absolute atomic E-state index is 13.6. The van der Waals surface area contributed by atoms with Crippen LogP contribution in [0.1, 0.15) is 22.8 Å². The Hall–Kier alpha value is -1.14. The Morgan fingerprint density at radius 3 is 2.55 bits per heavy atom. The lowest BCUT2D eigenvalue weighted by molar-refractivity contribution is 0.103. The third-order valence-corrected chi connectivity index (χ3v) is 3.67. The number of ketones is 1. The van der Waals surface area contributed by atoms with Crippen molar-refractivity contribution in [3.8, 4) is 5.75 Å². The minimum Gasteiger partial charge on any atom is -0.494 e. The van der Waals surface area contributed by atoms with Gasteiger partial charge in [0.05, 0.1) is 11.6 Å². The summed E-state index contributed by atoms with van der Waals surface area (Å²) in [4.78, 5) is 12.3. The van der Waals surface area contributed by atoms with Crippen LogP contribution < -0.4 is 4.74 Å². The highest BCUT2D eigenvalue weighted by Crippen LogP contribution is 2.26. The first-order chi connectivity index (χ1) is 9.52. The van der Waals surface area contributed by atoms with Crippen LogP contribution in [-0.4, -0.2) is 12.4 Å². The van der Waals surface area contributed by atoms with E-state index in [9.17, 15) is 9.18 Å². The van der Waals surface area contributed by atoms with Crippen molar-refractivity contribution in [3.05, 3.63) is 61.9 Å². The van der Waals surface area contributed by atoms with Gasteiger partial charge in [-0.3, -0.25) is 4.79 Å². The maximum atomic E-state index is 13.6. The third kappa shape index (κ3) is 3.30. The molecule has 0 radical (unpaired) electrons. The quantitative estimate of drug-likeness (QED) is 0.419. The van der Waals surface area contributed by atoms with Crippen LogP contribution in [0.15, 0.2) is 36.4 Å². The van der Waals surface area contributed by atoms with Gasteiger partial charge < -0.3 is 4.74 Å². The summed E-state index contributed by atoms with van der Waals surface area (Å²) in [5, 5.41) is -0.149. The topological polar surface area (TPSA) is 26.3 Å². The monoisotopic (exact) mass is 404 g/mol. The number of hydrogen-bond acceptors (Lipinski definition) is 2. The van der Waals surface area contributed by atoms with Crippen LogP contribution >= 0.6 is 34.2 Å². The van der Waals surface area contributed by atoms with Gasteiger partial charge in [0.1, 0.15) is 11.6 Å². The molecule has 0 aromatic heterocycles. The Kier molecular flexibility index (Phi) is 4.99. The minimum atomic E-state index is -0.590. The summed E-state index contributed by atoms with van der Waals surface area (Å²) in [5.74, 6) is -0.215. The van der Waals surface area contributed by atoms with Crippen LogP contribution in [0, 0.1) is 9.39 Å². The summed E-state index contributed by atoms with van der Waals surface area (Å²) < 4.78 is 19.5. The van der Waals surface area contributed by atoms with Crippen LogP contribution in [-0.2, 0) is 0 Å². The molecule has 2 nitrogen and oxygen atoms in total. The van der Waals surface area contributed by atoms with Gasteiger partial charge >= 0.3 is 0 Å². The second kappa shape index (κ2) is 6.54. The molecular weight excluding hydrogens is 394 g/mol. The molecule has 0 saturated carbocycles. The van der Waals surface area contributed by atoms with Gasteiger partial charge in [0, 0.05) is 14.7 Å². The molecule has 0 aliphatic carbocycles. The molecule has 0 amide bonds. The summed E-state index contributed by atoms with van der Waals surface area (Å²) in [6.45, 7) is 2.44. The van der Waals surface area contributed by atoms with Crippen molar-refractivity contribution in [2.24, 2.45) is 0 Å². The van der Waals surface area contributed by atoms with Gasteiger partial charge in [-0.25, -0.2) is 4.39 Å². The van der Waals surface area contributed by atoms with Crippen molar-refractivity contribution in [2.75, 3.05) is 6.61 Å². The predicted octanol–water partition coefficient (Wildman–Crippen LogP) is 4.71. The van der Waals surface area contributed by atoms with Crippen LogP contribution in [0.2, 0.25) is 5.02 Å². The zero-order chi connectivity index (χ0) is 14.7. The van der Waals surface area contributed by atoms with Crippen molar-refractivity contribution < 1.29 is 13.9 Å². The molecule has 104 valence electrons. The number of carbonyl (C=O) groups is 1. The lowest BCUT2D eigenvalue weighted by Crippen LogP contribution is -2.04. The molecule has 0 fully saturated rings. The number of hydrogen-bond donors (Lipinski definition) is 0. The first-order valence-electron chi connectivity index (χ1n) is 5.95. The van der Waals surface area contributed by atoms with Crippen LogP contribution in [0.5, 0.6) is 5.75 Å². The van der Waals surface area contributed by atoms with Crippen molar-refractivity contribution in [3.63, 3.8) is 0 Å². The second-order valence-corrected chi connectivity index (χ2v) is 5.66. The number of halogens is 3. The van der Waals surface area contributed by atoms with E-state index in [4.69, 9.17) is 16.3 Å². The van der Waals surface area contributed by atoms with Gasteiger partial charge in [0.25, 0.3) is 0 Å². The number of ether oxygens (including phenoxy) is 1. The van der Waals surface area contributed by atoms with Gasteiger partial charge in [0.2, 0.25) is 0 Å². The third-order valence-electron chi connectivity index (χ3n) is 2.67. The summed E-state index contributed by atoms with van der Waals surface area (Å²) in [7, 11) is 0. The van der Waals surface area contributed by atoms with E-state index in [0.717, 1.165) is 0 Å². The van der Waals surface area contributed by atoms with Crippen LogP contribution in [0.3, 0.4) is 0 Å². The summed E-state index contributed by atoms with van der Waals surface area (Å²) >= 11 is 7.81. The number of benzene rings is 2. The molecule has 0 N–H and O–H groups in total. The molecule has 0 aliphatic rings. The highest BCUT2D eigenvalue weighted by Gasteiger charge is 2.17. The van der Waals surface area contributed by atoms with Gasteiger partial charge in [-0.15, -0.1) is 0 Å². The fourth-order valence-corrected chi connectivity index (χ4v) is 2.53. The number of carbonyl (C=O) groups excluding carboxylic acids is 1. The molecule has 5 heteroatoms. The Morgan fingerprint density at radius 2 is 1.95 bits per heavy atom. The first-order valence-corrected chi connectivity index (χ1v) is 7.40. The Balaban J connectivity index is 2.36. The van der Waals surface area contributed by atoms with E-state index >= 15 is 0 Å². The lowest BCUT2D eigenvalue weighted by atomic mass is 10.0. The van der Waals surface area contributed by atoms with Crippen molar-refractivity contribution in [2.45, 2.75) is 6.92 Å². The van der Waals surface area contributed by atoms with Crippen LogP contribution in [0.4, 0.5) is 4.39 Å². The SMILES string of the molecule is CCOc1ccc(C(=O)c2cc(I)cc(F)c2Cl)cc1. The van der Waals surface area contributed by atoms with E-state index < -0.39 is 5.82 Å². The second-order valence-electron chi connectivity index (χ2n) is 4.04. The summed E-state index contributed by atoms with van der Waals surface area (Å²) in [5.41, 5.74) is 0.608. The standard InChI is InChI=1S/C15H11ClFIO2/c1-2-20-11-5-3-9(4-6-11)15(19)12-7-10(18)8-13(17)14(12)16/h3-8H,2H2,1H3. The smallest absolute Gasteiger partial charge is 0.194 e.